The largest absolute Gasteiger partial charge is 0.481 e. The molecule has 2 unspecified atom stereocenters. The number of carbonyl (C=O) groups excluding carboxylic acids is 2. The number of alkyl carbamates (subject to hydrolysis) is 1. The van der Waals surface area contributed by atoms with Crippen molar-refractivity contribution in [3.63, 3.8) is 0 Å². The van der Waals surface area contributed by atoms with Crippen LogP contribution in [0.4, 0.5) is 4.79 Å². The molecule has 2 aliphatic carbocycles. The minimum atomic E-state index is -0.878. The Morgan fingerprint density at radius 2 is 1.64 bits per heavy atom. The first-order valence-corrected chi connectivity index (χ1v) is 11.5. The number of aliphatic carboxylic acids is 1. The predicted octanol–water partition coefficient (Wildman–Crippen LogP) is 3.92. The minimum Gasteiger partial charge on any atom is -0.481 e. The second kappa shape index (κ2) is 10.1. The third kappa shape index (κ3) is 5.53. The number of hydrogen-bond donors (Lipinski definition) is 3. The average molecular weight is 451 g/mol. The lowest BCUT2D eigenvalue weighted by molar-refractivity contribution is -0.141. The lowest BCUT2D eigenvalue weighted by Crippen LogP contribution is -2.41. The minimum absolute atomic E-state index is 0.0120. The first-order chi connectivity index (χ1) is 15.9. The van der Waals surface area contributed by atoms with Crippen molar-refractivity contribution in [2.75, 3.05) is 13.2 Å². The van der Waals surface area contributed by atoms with E-state index in [2.05, 4.69) is 34.9 Å². The molecule has 3 N–H and O–H groups in total. The number of carboxylic acid groups (broad SMARTS) is 1. The quantitative estimate of drug-likeness (QED) is 0.509. The van der Waals surface area contributed by atoms with E-state index >= 15 is 0 Å². The Hall–Kier alpha value is -3.35. The van der Waals surface area contributed by atoms with Crippen LogP contribution in [0.25, 0.3) is 11.1 Å². The Labute approximate surface area is 193 Å². The Morgan fingerprint density at radius 1 is 1.03 bits per heavy atom. The van der Waals surface area contributed by atoms with Gasteiger partial charge in [-0.05, 0) is 47.4 Å². The van der Waals surface area contributed by atoms with Crippen LogP contribution >= 0.6 is 0 Å². The van der Waals surface area contributed by atoms with Gasteiger partial charge in [-0.15, -0.1) is 0 Å². The summed E-state index contributed by atoms with van der Waals surface area (Å²) in [5.41, 5.74) is 4.65. The Balaban J connectivity index is 1.30. The van der Waals surface area contributed by atoms with E-state index in [-0.39, 0.29) is 36.8 Å². The number of nitrogens with one attached hydrogen (secondary N) is 2. The van der Waals surface area contributed by atoms with E-state index in [1.54, 1.807) is 6.92 Å². The number of fused-ring (bicyclic) bond motifs is 3. The third-order valence-electron chi connectivity index (χ3n) is 6.56. The molecule has 2 aliphatic rings. The van der Waals surface area contributed by atoms with Crippen LogP contribution < -0.4 is 10.6 Å². The normalized spacial score (nSPS) is 16.3. The molecule has 7 heteroatoms. The van der Waals surface area contributed by atoms with Gasteiger partial charge in [0.2, 0.25) is 5.91 Å². The predicted molar refractivity (Wildman–Crippen MR) is 124 cm³/mol. The van der Waals surface area contributed by atoms with E-state index in [0.29, 0.717) is 13.0 Å². The molecular weight excluding hydrogens is 420 g/mol. The van der Waals surface area contributed by atoms with E-state index < -0.39 is 18.0 Å². The molecule has 0 spiro atoms. The molecule has 174 valence electrons. The van der Waals surface area contributed by atoms with Gasteiger partial charge in [-0.1, -0.05) is 55.5 Å². The Morgan fingerprint density at radius 3 is 2.21 bits per heavy atom. The summed E-state index contributed by atoms with van der Waals surface area (Å²) in [6, 6.07) is 16.1. The summed E-state index contributed by atoms with van der Waals surface area (Å²) < 4.78 is 5.62. The molecule has 2 aromatic carbocycles. The van der Waals surface area contributed by atoms with Crippen molar-refractivity contribution in [1.29, 1.82) is 0 Å². The van der Waals surface area contributed by atoms with Gasteiger partial charge in [0, 0.05) is 24.9 Å². The van der Waals surface area contributed by atoms with E-state index in [4.69, 9.17) is 9.84 Å². The molecule has 2 aromatic rings. The average Bonchev–Trinajstić information content (AvgIpc) is 3.60. The van der Waals surface area contributed by atoms with Crippen LogP contribution in [-0.2, 0) is 14.3 Å². The fourth-order valence-corrected chi connectivity index (χ4v) is 4.45. The zero-order valence-electron chi connectivity index (χ0n) is 18.8. The fourth-order valence-electron chi connectivity index (χ4n) is 4.45. The van der Waals surface area contributed by atoms with Crippen LogP contribution in [0.3, 0.4) is 0 Å². The molecular formula is C26H30N2O5. The topological polar surface area (TPSA) is 105 Å². The maximum Gasteiger partial charge on any atom is 0.407 e. The van der Waals surface area contributed by atoms with Crippen molar-refractivity contribution in [2.45, 2.75) is 44.6 Å². The second-order valence-corrected chi connectivity index (χ2v) is 9.00. The zero-order chi connectivity index (χ0) is 23.4. The summed E-state index contributed by atoms with van der Waals surface area (Å²) >= 11 is 0. The number of amides is 2. The monoisotopic (exact) mass is 450 g/mol. The molecule has 0 aromatic heterocycles. The number of rotatable bonds is 10. The number of benzene rings is 2. The number of ether oxygens (including phenoxy) is 1. The van der Waals surface area contributed by atoms with Crippen LogP contribution in [0, 0.1) is 11.8 Å². The van der Waals surface area contributed by atoms with Crippen LogP contribution in [0.2, 0.25) is 0 Å². The summed E-state index contributed by atoms with van der Waals surface area (Å²) in [5, 5.41) is 14.6. The highest BCUT2D eigenvalue weighted by atomic mass is 16.5. The molecule has 7 nitrogen and oxygen atoms in total. The first-order valence-electron chi connectivity index (χ1n) is 11.5. The maximum atomic E-state index is 12.6. The third-order valence-corrected chi connectivity index (χ3v) is 6.56. The highest BCUT2D eigenvalue weighted by Crippen LogP contribution is 2.44. The van der Waals surface area contributed by atoms with Gasteiger partial charge in [-0.2, -0.15) is 0 Å². The molecule has 2 amide bonds. The van der Waals surface area contributed by atoms with Gasteiger partial charge in [0.1, 0.15) is 6.61 Å². The van der Waals surface area contributed by atoms with Crippen molar-refractivity contribution >= 4 is 18.0 Å². The van der Waals surface area contributed by atoms with Gasteiger partial charge in [0.05, 0.1) is 5.92 Å². The molecule has 0 saturated heterocycles. The molecule has 2 atom stereocenters. The van der Waals surface area contributed by atoms with Crippen LogP contribution in [0.15, 0.2) is 48.5 Å². The van der Waals surface area contributed by atoms with Gasteiger partial charge < -0.3 is 20.5 Å². The lowest BCUT2D eigenvalue weighted by atomic mass is 9.98. The van der Waals surface area contributed by atoms with Crippen LogP contribution in [0.5, 0.6) is 0 Å². The van der Waals surface area contributed by atoms with Crippen molar-refractivity contribution in [3.8, 4) is 11.1 Å². The standard InChI is InChI=1S/C26H30N2O5/c1-16(25(30)31)12-13-27-24(29)14-23(17-10-11-17)28-26(32)33-15-22-20-8-4-2-6-18(20)19-7-3-5-9-21(19)22/h2-9,16-17,22-23H,10-15H2,1H3,(H,27,29)(H,28,32)(H,30,31). The molecule has 0 bridgehead atoms. The van der Waals surface area contributed by atoms with E-state index in [1.165, 1.54) is 11.1 Å². The van der Waals surface area contributed by atoms with E-state index in [1.807, 2.05) is 24.3 Å². The molecule has 4 rings (SSSR count). The highest BCUT2D eigenvalue weighted by Gasteiger charge is 2.35. The number of carboxylic acids is 1. The molecule has 0 aliphatic heterocycles. The van der Waals surface area contributed by atoms with Crippen LogP contribution in [0.1, 0.15) is 49.7 Å². The van der Waals surface area contributed by atoms with Gasteiger partial charge in [-0.3, -0.25) is 9.59 Å². The molecule has 1 fully saturated rings. The van der Waals surface area contributed by atoms with Gasteiger partial charge in [-0.25, -0.2) is 4.79 Å². The molecule has 0 radical (unpaired) electrons. The highest BCUT2D eigenvalue weighted by molar-refractivity contribution is 5.79. The van der Waals surface area contributed by atoms with Crippen molar-refractivity contribution in [3.05, 3.63) is 59.7 Å². The van der Waals surface area contributed by atoms with Gasteiger partial charge >= 0.3 is 12.1 Å². The second-order valence-electron chi connectivity index (χ2n) is 9.00. The summed E-state index contributed by atoms with van der Waals surface area (Å²) in [4.78, 5) is 35.8. The molecule has 1 saturated carbocycles. The van der Waals surface area contributed by atoms with Crippen LogP contribution in [-0.4, -0.2) is 42.3 Å². The Bertz CT molecular complexity index is 987. The fraction of sp³-hybridized carbons (Fsp3) is 0.423. The van der Waals surface area contributed by atoms with E-state index in [0.717, 1.165) is 24.0 Å². The smallest absolute Gasteiger partial charge is 0.407 e. The summed E-state index contributed by atoms with van der Waals surface area (Å²) in [7, 11) is 0. The van der Waals surface area contributed by atoms with Gasteiger partial charge in [0.15, 0.2) is 0 Å². The molecule has 33 heavy (non-hydrogen) atoms. The molecule has 0 heterocycles. The SMILES string of the molecule is CC(CCNC(=O)CC(NC(=O)OCC1c2ccccc2-c2ccccc21)C1CC1)C(=O)O. The zero-order valence-corrected chi connectivity index (χ0v) is 18.8. The maximum absolute atomic E-state index is 12.6. The lowest BCUT2D eigenvalue weighted by Gasteiger charge is -2.20. The Kier molecular flexibility index (Phi) is 6.96. The van der Waals surface area contributed by atoms with Gasteiger partial charge in [0.25, 0.3) is 0 Å². The summed E-state index contributed by atoms with van der Waals surface area (Å²) in [6.07, 6.45) is 1.96. The summed E-state index contributed by atoms with van der Waals surface area (Å²) in [5.74, 6) is -1.32. The van der Waals surface area contributed by atoms with Crippen molar-refractivity contribution in [1.82, 2.24) is 10.6 Å². The summed E-state index contributed by atoms with van der Waals surface area (Å²) in [6.45, 7) is 2.14. The number of hydrogen-bond acceptors (Lipinski definition) is 4. The van der Waals surface area contributed by atoms with E-state index in [9.17, 15) is 14.4 Å². The number of carbonyl (C=O) groups is 3. The van der Waals surface area contributed by atoms with Crippen molar-refractivity contribution < 1.29 is 24.2 Å². The first kappa shape index (κ1) is 22.8. The van der Waals surface area contributed by atoms with Crippen molar-refractivity contribution in [2.24, 2.45) is 11.8 Å².